The van der Waals surface area contributed by atoms with Crippen molar-refractivity contribution in [1.29, 1.82) is 0 Å². The number of fused-ring (bicyclic) bond motifs is 5. The Morgan fingerprint density at radius 1 is 0.373 bits per heavy atom. The van der Waals surface area contributed by atoms with Gasteiger partial charge in [-0.1, -0.05) is 176 Å². The third-order valence-electron chi connectivity index (χ3n) is 16.8. The van der Waals surface area contributed by atoms with Gasteiger partial charge in [0.2, 0.25) is 0 Å². The molecule has 0 aliphatic heterocycles. The Hall–Kier alpha value is -7.00. The summed E-state index contributed by atoms with van der Waals surface area (Å²) in [6.45, 7) is 0. The largest absolute Gasteiger partial charge is 0.310 e. The fraction of sp³-hybridized carbons (Fsp3) is 0.169. The van der Waals surface area contributed by atoms with Crippen molar-refractivity contribution >= 4 is 48.6 Å². The van der Waals surface area contributed by atoms with Crippen molar-refractivity contribution in [2.24, 2.45) is 23.7 Å². The molecule has 0 unspecified atom stereocenters. The van der Waals surface area contributed by atoms with Crippen molar-refractivity contribution in [3.8, 4) is 22.3 Å². The van der Waals surface area contributed by atoms with Crippen LogP contribution in [0.25, 0.3) is 42.4 Å². The van der Waals surface area contributed by atoms with Crippen molar-refractivity contribution < 1.29 is 0 Å². The van der Waals surface area contributed by atoms with E-state index < -0.39 is 5.41 Å². The second-order valence-corrected chi connectivity index (χ2v) is 21.1. The fourth-order valence-electron chi connectivity index (χ4n) is 14.6. The first-order valence-corrected chi connectivity index (χ1v) is 25.3. The van der Waals surface area contributed by atoms with Gasteiger partial charge in [0.25, 0.3) is 0 Å². The summed E-state index contributed by atoms with van der Waals surface area (Å²) in [4.78, 5) is 2.50. The predicted octanol–water partition coefficient (Wildman–Crippen LogP) is 17.3. The van der Waals surface area contributed by atoms with E-state index in [1.165, 1.54) is 102 Å². The highest BCUT2D eigenvalue weighted by Crippen LogP contribution is 2.70. The molecule has 1 spiro atoms. The van der Waals surface area contributed by atoms with Crippen molar-refractivity contribution in [2.75, 3.05) is 4.90 Å². The maximum absolute atomic E-state index is 2.63. The third kappa shape index (κ3) is 5.72. The van der Waals surface area contributed by atoms with Gasteiger partial charge in [0.15, 0.2) is 0 Å². The predicted molar refractivity (Wildman–Crippen MR) is 281 cm³/mol. The van der Waals surface area contributed by atoms with E-state index >= 15 is 0 Å². The summed E-state index contributed by atoms with van der Waals surface area (Å²) in [7, 11) is 0. The molecule has 4 fully saturated rings. The minimum absolute atomic E-state index is 0.0167. The molecule has 15 rings (SSSR count). The summed E-state index contributed by atoms with van der Waals surface area (Å²) in [6, 6.07) is 85.3. The average Bonchev–Trinajstić information content (AvgIpc) is 3.78. The van der Waals surface area contributed by atoms with Crippen LogP contribution in [0.2, 0.25) is 0 Å². The molecular weight excluding hydrogens is 827 g/mol. The van der Waals surface area contributed by atoms with Crippen LogP contribution in [0.15, 0.2) is 224 Å². The summed E-state index contributed by atoms with van der Waals surface area (Å²) >= 11 is 1.88. The van der Waals surface area contributed by atoms with Crippen LogP contribution in [0.1, 0.15) is 65.5 Å². The monoisotopic (exact) mass is 877 g/mol. The number of hydrogen-bond donors (Lipinski definition) is 0. The van der Waals surface area contributed by atoms with Crippen molar-refractivity contribution in [2.45, 2.75) is 42.9 Å². The van der Waals surface area contributed by atoms with Gasteiger partial charge >= 0.3 is 0 Å². The van der Waals surface area contributed by atoms with Crippen LogP contribution in [0.4, 0.5) is 17.1 Å². The lowest BCUT2D eigenvalue weighted by molar-refractivity contribution is -0.0440. The molecule has 1 nitrogen and oxygen atoms in total. The van der Waals surface area contributed by atoms with Crippen LogP contribution < -0.4 is 4.90 Å². The Bertz CT molecular complexity index is 3410. The van der Waals surface area contributed by atoms with Crippen LogP contribution in [-0.4, -0.2) is 0 Å². The highest BCUT2D eigenvalue weighted by atomic mass is 32.1. The zero-order valence-electron chi connectivity index (χ0n) is 37.6. The summed E-state index contributed by atoms with van der Waals surface area (Å²) < 4.78 is 2.66. The number of para-hydroxylation sites is 1. The average molecular weight is 878 g/mol. The van der Waals surface area contributed by atoms with E-state index in [-0.39, 0.29) is 5.41 Å². The number of thiophene rings is 1. The number of benzene rings is 9. The molecule has 0 atom stereocenters. The lowest BCUT2D eigenvalue weighted by Crippen LogP contribution is -2.59. The fourth-order valence-corrected chi connectivity index (χ4v) is 15.7. The highest BCUT2D eigenvalue weighted by Gasteiger charge is 2.63. The maximum atomic E-state index is 2.63. The van der Waals surface area contributed by atoms with E-state index in [2.05, 4.69) is 229 Å². The van der Waals surface area contributed by atoms with E-state index in [1.54, 1.807) is 11.1 Å². The molecule has 1 heterocycles. The lowest BCUT2D eigenvalue weighted by atomic mass is 9.38. The molecule has 0 N–H and O–H groups in total. The molecule has 10 aromatic rings. The first-order valence-electron chi connectivity index (χ1n) is 24.5. The molecule has 1 aromatic heterocycles. The molecular formula is C65H51NS. The first kappa shape index (κ1) is 39.2. The molecule has 5 aliphatic carbocycles. The Labute approximate surface area is 398 Å². The summed E-state index contributed by atoms with van der Waals surface area (Å²) in [5, 5.41) is 2.67. The number of hydrogen-bond acceptors (Lipinski definition) is 2. The summed E-state index contributed by atoms with van der Waals surface area (Å²) in [5.74, 6) is 3.02. The Morgan fingerprint density at radius 3 is 1.60 bits per heavy atom. The molecule has 0 radical (unpaired) electrons. The molecule has 322 valence electrons. The quantitative estimate of drug-likeness (QED) is 0.154. The topological polar surface area (TPSA) is 3.24 Å². The van der Waals surface area contributed by atoms with Gasteiger partial charge in [-0.3, -0.25) is 0 Å². The van der Waals surface area contributed by atoms with Crippen molar-refractivity contribution in [3.63, 3.8) is 0 Å². The van der Waals surface area contributed by atoms with Crippen LogP contribution in [0.5, 0.6) is 0 Å². The number of anilines is 3. The van der Waals surface area contributed by atoms with E-state index in [0.717, 1.165) is 23.2 Å². The maximum Gasteiger partial charge on any atom is 0.0708 e. The van der Waals surface area contributed by atoms with E-state index in [1.807, 2.05) is 11.3 Å². The Kier molecular flexibility index (Phi) is 8.93. The van der Waals surface area contributed by atoms with Crippen molar-refractivity contribution in [3.05, 3.63) is 258 Å². The standard InChI is InChI=1S/C65H51NS/c1-4-17-46(18-5-1)64(47-19-6-2-7-20-47)57-27-13-14-28-58(57)65(48-38-43-37-44(40-48)41-49(65)39-43)59-36-35-52(42-60(59)64)66(50-21-8-3-9-22-50)51-33-31-45(32-34-51)53-23-10-11-24-54(53)55-26-16-30-62-63(55)56-25-12-15-29-61(56)67-62/h1-36,42-44,48-49H,37-41H2. The normalized spacial score (nSPS) is 21.9. The van der Waals surface area contributed by atoms with Gasteiger partial charge in [0.1, 0.15) is 0 Å². The SMILES string of the molecule is c1ccc(N(c2ccc(-c3ccccc3-c3cccc4sc5ccccc5c34)cc2)c2ccc3c(c2)C(c2ccccc2)(c2ccccc2)c2ccccc2C32C3CC4CC(C3)CC2C4)cc1. The minimum atomic E-state index is -0.517. The second kappa shape index (κ2) is 15.3. The van der Waals surface area contributed by atoms with E-state index in [0.29, 0.717) is 11.8 Å². The molecule has 5 aliphatic rings. The molecule has 2 heteroatoms. The van der Waals surface area contributed by atoms with E-state index in [9.17, 15) is 0 Å². The molecule has 4 saturated carbocycles. The van der Waals surface area contributed by atoms with Gasteiger partial charge in [-0.25, -0.2) is 0 Å². The van der Waals surface area contributed by atoms with Gasteiger partial charge in [0.05, 0.1) is 5.41 Å². The van der Waals surface area contributed by atoms with Crippen LogP contribution >= 0.6 is 11.3 Å². The zero-order chi connectivity index (χ0) is 44.1. The van der Waals surface area contributed by atoms with Gasteiger partial charge in [-0.05, 0) is 160 Å². The molecule has 4 bridgehead atoms. The second-order valence-electron chi connectivity index (χ2n) is 20.0. The molecule has 0 amide bonds. The Balaban J connectivity index is 0.974. The molecule has 9 aromatic carbocycles. The van der Waals surface area contributed by atoms with E-state index in [4.69, 9.17) is 0 Å². The summed E-state index contributed by atoms with van der Waals surface area (Å²) in [5.41, 5.74) is 16.6. The van der Waals surface area contributed by atoms with Crippen LogP contribution in [0.3, 0.4) is 0 Å². The molecule has 67 heavy (non-hydrogen) atoms. The van der Waals surface area contributed by atoms with Crippen LogP contribution in [-0.2, 0) is 10.8 Å². The van der Waals surface area contributed by atoms with Gasteiger partial charge in [-0.15, -0.1) is 11.3 Å². The first-order chi connectivity index (χ1) is 33.2. The highest BCUT2D eigenvalue weighted by molar-refractivity contribution is 7.25. The smallest absolute Gasteiger partial charge is 0.0708 e. The third-order valence-corrected chi connectivity index (χ3v) is 17.9. The van der Waals surface area contributed by atoms with Crippen LogP contribution in [0, 0.1) is 23.7 Å². The number of rotatable bonds is 7. The summed E-state index contributed by atoms with van der Waals surface area (Å²) in [6.07, 6.45) is 6.81. The van der Waals surface area contributed by atoms with Gasteiger partial charge in [0, 0.05) is 42.6 Å². The van der Waals surface area contributed by atoms with Gasteiger partial charge in [-0.2, -0.15) is 0 Å². The van der Waals surface area contributed by atoms with Crippen molar-refractivity contribution in [1.82, 2.24) is 0 Å². The molecule has 0 saturated heterocycles. The lowest BCUT2D eigenvalue weighted by Gasteiger charge is -2.65. The number of nitrogens with zero attached hydrogens (tertiary/aromatic N) is 1. The zero-order valence-corrected chi connectivity index (χ0v) is 38.4. The Morgan fingerprint density at radius 2 is 0.896 bits per heavy atom. The minimum Gasteiger partial charge on any atom is -0.310 e. The van der Waals surface area contributed by atoms with Gasteiger partial charge < -0.3 is 4.90 Å².